The molecule has 1 amide bonds. The van der Waals surface area contributed by atoms with Crippen LogP contribution in [0.4, 0.5) is 0 Å². The van der Waals surface area contributed by atoms with E-state index in [1.54, 1.807) is 0 Å². The highest BCUT2D eigenvalue weighted by molar-refractivity contribution is 5.79. The number of hydrogen-bond acceptors (Lipinski definition) is 5. The molecule has 0 saturated carbocycles. The van der Waals surface area contributed by atoms with Crippen LogP contribution in [-0.4, -0.2) is 95.7 Å². The number of ether oxygens (including phenoxy) is 1. The van der Waals surface area contributed by atoms with E-state index in [-0.39, 0.29) is 24.4 Å². The molecule has 8 heteroatoms. The molecule has 1 aromatic heterocycles. The number of aromatic nitrogens is 1. The third-order valence-electron chi connectivity index (χ3n) is 8.43. The highest BCUT2D eigenvalue weighted by Crippen LogP contribution is 2.41. The van der Waals surface area contributed by atoms with Crippen molar-refractivity contribution in [2.75, 3.05) is 53.4 Å². The second-order valence-electron chi connectivity index (χ2n) is 11.5. The first-order chi connectivity index (χ1) is 18.8. The van der Waals surface area contributed by atoms with Gasteiger partial charge in [-0.1, -0.05) is 25.5 Å². The molecule has 2 aromatic rings. The smallest absolute Gasteiger partial charge is 0.308 e. The van der Waals surface area contributed by atoms with Crippen molar-refractivity contribution >= 4 is 11.9 Å². The fraction of sp³-hybridized carbons (Fsp3) is 0.613. The Bertz CT molecular complexity index is 1110. The van der Waals surface area contributed by atoms with Gasteiger partial charge in [-0.25, -0.2) is 0 Å². The number of carbonyl (C=O) groups excluding carboxylic acids is 1. The third kappa shape index (κ3) is 7.22. The van der Waals surface area contributed by atoms with Gasteiger partial charge in [-0.05, 0) is 75.6 Å². The van der Waals surface area contributed by atoms with Crippen LogP contribution in [0.1, 0.15) is 55.3 Å². The minimum absolute atomic E-state index is 0.109. The summed E-state index contributed by atoms with van der Waals surface area (Å²) in [6, 6.07) is 10.0. The molecule has 4 rings (SSSR count). The van der Waals surface area contributed by atoms with Crippen LogP contribution in [0.3, 0.4) is 0 Å². The Balaban J connectivity index is 1.57. The molecule has 1 aromatic carbocycles. The molecule has 3 atom stereocenters. The maximum Gasteiger partial charge on any atom is 0.308 e. The minimum atomic E-state index is -0.780. The molecule has 8 nitrogen and oxygen atoms in total. The quantitative estimate of drug-likeness (QED) is 0.396. The van der Waals surface area contributed by atoms with Gasteiger partial charge in [0.1, 0.15) is 5.75 Å². The van der Waals surface area contributed by atoms with Crippen LogP contribution in [0.25, 0.3) is 0 Å². The Kier molecular flexibility index (Phi) is 10.1. The largest absolute Gasteiger partial charge is 0.493 e. The number of benzene rings is 1. The maximum absolute atomic E-state index is 13.7. The molecule has 0 unspecified atom stereocenters. The summed E-state index contributed by atoms with van der Waals surface area (Å²) < 4.78 is 7.79. The van der Waals surface area contributed by atoms with Crippen molar-refractivity contribution < 1.29 is 19.4 Å². The molecule has 0 spiro atoms. The van der Waals surface area contributed by atoms with Gasteiger partial charge in [0, 0.05) is 57.0 Å². The van der Waals surface area contributed by atoms with Crippen LogP contribution in [0.2, 0.25) is 0 Å². The van der Waals surface area contributed by atoms with Gasteiger partial charge in [-0.3, -0.25) is 14.5 Å². The summed E-state index contributed by atoms with van der Waals surface area (Å²) >= 11 is 0. The molecule has 214 valence electrons. The van der Waals surface area contributed by atoms with E-state index in [0.29, 0.717) is 19.6 Å². The molecule has 1 saturated heterocycles. The molecule has 0 radical (unpaired) electrons. The normalized spacial score (nSPS) is 20.8. The number of nitrogens with zero attached hydrogens (tertiary/aromatic N) is 4. The number of fused-ring (bicyclic) bond motifs is 1. The van der Waals surface area contributed by atoms with Crippen LogP contribution in [0, 0.1) is 5.92 Å². The monoisotopic (exact) mass is 538 g/mol. The van der Waals surface area contributed by atoms with E-state index in [1.165, 1.54) is 5.69 Å². The van der Waals surface area contributed by atoms with Gasteiger partial charge < -0.3 is 24.2 Å². The van der Waals surface area contributed by atoms with Crippen LogP contribution < -0.4 is 4.74 Å². The molecule has 0 aliphatic carbocycles. The lowest BCUT2D eigenvalue weighted by molar-refractivity contribution is -0.143. The number of carbonyl (C=O) groups is 2. The molecule has 2 aliphatic heterocycles. The molecule has 39 heavy (non-hydrogen) atoms. The van der Waals surface area contributed by atoms with E-state index < -0.39 is 11.9 Å². The van der Waals surface area contributed by atoms with Crippen molar-refractivity contribution in [1.29, 1.82) is 0 Å². The molecular weight excluding hydrogens is 492 g/mol. The zero-order valence-corrected chi connectivity index (χ0v) is 24.1. The molecule has 1 N–H and O–H groups in total. The molecular formula is C31H46N4O4. The van der Waals surface area contributed by atoms with Gasteiger partial charge in [-0.2, -0.15) is 0 Å². The van der Waals surface area contributed by atoms with E-state index in [2.05, 4.69) is 47.5 Å². The second kappa shape index (κ2) is 13.5. The number of likely N-dealkylation sites (tertiary alicyclic amines) is 1. The minimum Gasteiger partial charge on any atom is -0.493 e. The fourth-order valence-corrected chi connectivity index (χ4v) is 6.24. The van der Waals surface area contributed by atoms with Crippen molar-refractivity contribution in [3.63, 3.8) is 0 Å². The fourth-order valence-electron chi connectivity index (χ4n) is 6.24. The number of hydrogen-bond donors (Lipinski definition) is 1. The predicted molar refractivity (Wildman–Crippen MR) is 153 cm³/mol. The topological polar surface area (TPSA) is 78.2 Å². The van der Waals surface area contributed by atoms with E-state index in [9.17, 15) is 14.7 Å². The number of unbranched alkanes of at least 4 members (excludes halogenated alkanes) is 1. The lowest BCUT2D eigenvalue weighted by Gasteiger charge is -2.30. The first-order valence-corrected chi connectivity index (χ1v) is 14.5. The highest BCUT2D eigenvalue weighted by Gasteiger charge is 2.47. The Morgan fingerprint density at radius 3 is 2.62 bits per heavy atom. The first kappa shape index (κ1) is 29.2. The third-order valence-corrected chi connectivity index (χ3v) is 8.43. The van der Waals surface area contributed by atoms with Crippen LogP contribution in [0.15, 0.2) is 36.5 Å². The Morgan fingerprint density at radius 2 is 1.92 bits per heavy atom. The first-order valence-electron chi connectivity index (χ1n) is 14.5. The number of aliphatic carboxylic acids is 1. The Morgan fingerprint density at radius 1 is 1.13 bits per heavy atom. The average molecular weight is 539 g/mol. The van der Waals surface area contributed by atoms with Gasteiger partial charge in [0.25, 0.3) is 0 Å². The SMILES string of the molecule is CCCCN(CCCN(C)C)C(=O)CN1C[C@H](c2ccc3c(c2)CCO3)[C@@H](C(=O)O)[C@@H]1CCc1cccn1C. The summed E-state index contributed by atoms with van der Waals surface area (Å²) in [5, 5.41) is 10.5. The van der Waals surface area contributed by atoms with E-state index >= 15 is 0 Å². The summed E-state index contributed by atoms with van der Waals surface area (Å²) in [6.45, 7) is 6.07. The van der Waals surface area contributed by atoms with Crippen molar-refractivity contribution in [2.24, 2.45) is 13.0 Å². The van der Waals surface area contributed by atoms with Gasteiger partial charge in [0.2, 0.25) is 5.91 Å². The average Bonchev–Trinajstić information content (AvgIpc) is 3.62. The van der Waals surface area contributed by atoms with Gasteiger partial charge in [-0.15, -0.1) is 0 Å². The van der Waals surface area contributed by atoms with Crippen LogP contribution >= 0.6 is 0 Å². The summed E-state index contributed by atoms with van der Waals surface area (Å²) in [4.78, 5) is 32.8. The summed E-state index contributed by atoms with van der Waals surface area (Å²) in [5.74, 6) is -0.510. The Labute approximate surface area is 233 Å². The second-order valence-corrected chi connectivity index (χ2v) is 11.5. The number of carboxylic acids is 1. The van der Waals surface area contributed by atoms with Crippen LogP contribution in [-0.2, 0) is 29.5 Å². The molecule has 0 bridgehead atoms. The number of aryl methyl sites for hydroxylation is 2. The van der Waals surface area contributed by atoms with Crippen molar-refractivity contribution in [1.82, 2.24) is 19.3 Å². The zero-order valence-electron chi connectivity index (χ0n) is 24.1. The van der Waals surface area contributed by atoms with E-state index in [0.717, 1.165) is 68.6 Å². The number of rotatable bonds is 14. The van der Waals surface area contributed by atoms with Crippen molar-refractivity contribution in [3.8, 4) is 5.75 Å². The summed E-state index contributed by atoms with van der Waals surface area (Å²) in [7, 11) is 6.13. The number of carboxylic acid groups (broad SMARTS) is 1. The lowest BCUT2D eigenvalue weighted by atomic mass is 9.83. The Hall–Kier alpha value is -2.84. The molecule has 2 aliphatic rings. The predicted octanol–water partition coefficient (Wildman–Crippen LogP) is 3.64. The molecule has 3 heterocycles. The van der Waals surface area contributed by atoms with Gasteiger partial charge in [0.15, 0.2) is 0 Å². The van der Waals surface area contributed by atoms with Crippen molar-refractivity contribution in [3.05, 3.63) is 53.3 Å². The maximum atomic E-state index is 13.7. The van der Waals surface area contributed by atoms with E-state index in [4.69, 9.17) is 4.74 Å². The van der Waals surface area contributed by atoms with Gasteiger partial charge in [0.05, 0.1) is 19.1 Å². The van der Waals surface area contributed by atoms with Crippen molar-refractivity contribution in [2.45, 2.75) is 57.4 Å². The zero-order chi connectivity index (χ0) is 27.9. The lowest BCUT2D eigenvalue weighted by Crippen LogP contribution is -2.45. The van der Waals surface area contributed by atoms with Crippen LogP contribution in [0.5, 0.6) is 5.75 Å². The highest BCUT2D eigenvalue weighted by atomic mass is 16.5. The summed E-state index contributed by atoms with van der Waals surface area (Å²) in [5.41, 5.74) is 3.37. The number of amides is 1. The summed E-state index contributed by atoms with van der Waals surface area (Å²) in [6.07, 6.45) is 7.28. The molecule has 1 fully saturated rings. The van der Waals surface area contributed by atoms with Gasteiger partial charge >= 0.3 is 5.97 Å². The standard InChI is InChI=1S/C31H46N4O4/c1-5-6-17-34(18-8-15-32(2)3)29(36)22-35-21-26(23-10-13-28-24(20-23)14-19-39-28)30(31(37)38)27(35)12-11-25-9-7-16-33(25)4/h7,9-10,13,16,20,26-27,30H,5-6,8,11-12,14-15,17-19,21-22H2,1-4H3,(H,37,38)/t26-,27+,30-/m1/s1. The van der Waals surface area contributed by atoms with E-state index in [1.807, 2.05) is 36.3 Å².